The minimum Gasteiger partial charge on any atom is -0.299 e. The number of nitrogens with zero attached hydrogens (tertiary/aromatic N) is 1. The molecular formula is C18H23NO5S. The molecule has 3 atom stereocenters. The molecule has 0 saturated heterocycles. The molecule has 1 aromatic carbocycles. The van der Waals surface area contributed by atoms with E-state index in [9.17, 15) is 18.0 Å². The molecular weight excluding hydrogens is 342 g/mol. The molecule has 1 aromatic rings. The van der Waals surface area contributed by atoms with E-state index in [1.807, 2.05) is 6.92 Å². The van der Waals surface area contributed by atoms with E-state index in [0.29, 0.717) is 6.42 Å². The van der Waals surface area contributed by atoms with Crippen LogP contribution in [0.2, 0.25) is 0 Å². The Labute approximate surface area is 148 Å². The van der Waals surface area contributed by atoms with Crippen molar-refractivity contribution in [2.75, 3.05) is 7.11 Å². The Balaban J connectivity index is 2.31. The third-order valence-electron chi connectivity index (χ3n) is 4.38. The van der Waals surface area contributed by atoms with Gasteiger partial charge in [0.15, 0.2) is 9.84 Å². The van der Waals surface area contributed by atoms with Gasteiger partial charge in [-0.2, -0.15) is 0 Å². The zero-order chi connectivity index (χ0) is 18.8. The highest BCUT2D eigenvalue weighted by Crippen LogP contribution is 2.32. The van der Waals surface area contributed by atoms with Crippen LogP contribution in [0.5, 0.6) is 0 Å². The fraction of sp³-hybridized carbons (Fsp3) is 0.444. The van der Waals surface area contributed by atoms with Crippen molar-refractivity contribution in [2.45, 2.75) is 43.4 Å². The predicted octanol–water partition coefficient (Wildman–Crippen LogP) is 2.08. The Morgan fingerprint density at radius 2 is 1.76 bits per heavy atom. The van der Waals surface area contributed by atoms with Crippen molar-refractivity contribution < 1.29 is 22.8 Å². The van der Waals surface area contributed by atoms with Gasteiger partial charge < -0.3 is 0 Å². The first-order valence-corrected chi connectivity index (χ1v) is 9.56. The minimum absolute atomic E-state index is 0.130. The highest BCUT2D eigenvalue weighted by molar-refractivity contribution is 7.92. The van der Waals surface area contributed by atoms with Crippen LogP contribution in [0.1, 0.15) is 25.8 Å². The molecule has 0 spiro atoms. The number of Topliss-reactive ketones (excluding diaryl/α,β-unsaturated/α-hetero) is 1. The maximum absolute atomic E-state index is 13.0. The van der Waals surface area contributed by atoms with Crippen LogP contribution in [0.4, 0.5) is 0 Å². The fourth-order valence-electron chi connectivity index (χ4n) is 3.23. The largest absolute Gasteiger partial charge is 0.299 e. The van der Waals surface area contributed by atoms with Gasteiger partial charge in [0, 0.05) is 12.8 Å². The van der Waals surface area contributed by atoms with E-state index in [4.69, 9.17) is 4.84 Å². The minimum atomic E-state index is -3.82. The maximum Gasteiger partial charge on any atom is 0.243 e. The number of aryl methyl sites for hydroxylation is 1. The second-order valence-corrected chi connectivity index (χ2v) is 8.34. The molecule has 7 heteroatoms. The molecule has 136 valence electrons. The van der Waals surface area contributed by atoms with Crippen LogP contribution in [0.3, 0.4) is 0 Å². The molecule has 2 rings (SSSR count). The van der Waals surface area contributed by atoms with Gasteiger partial charge in [-0.3, -0.25) is 14.4 Å². The molecule has 0 aliphatic heterocycles. The van der Waals surface area contributed by atoms with E-state index in [0.717, 1.165) is 5.56 Å². The first kappa shape index (κ1) is 19.3. The molecule has 0 bridgehead atoms. The van der Waals surface area contributed by atoms with E-state index >= 15 is 0 Å². The predicted molar refractivity (Wildman–Crippen MR) is 93.4 cm³/mol. The topological polar surface area (TPSA) is 80.8 Å². The molecule has 0 fully saturated rings. The first-order chi connectivity index (χ1) is 11.7. The average Bonchev–Trinajstić information content (AvgIpc) is 2.96. The Kier molecular flexibility index (Phi) is 5.80. The molecule has 1 unspecified atom stereocenters. The van der Waals surface area contributed by atoms with Crippen molar-refractivity contribution >= 4 is 21.5 Å². The van der Waals surface area contributed by atoms with E-state index in [1.165, 1.54) is 38.2 Å². The molecule has 0 N–H and O–H groups in total. The maximum atomic E-state index is 13.0. The number of hydrogen-bond acceptors (Lipinski definition) is 5. The third-order valence-corrected chi connectivity index (χ3v) is 6.66. The Morgan fingerprint density at radius 3 is 2.24 bits per heavy atom. The summed E-state index contributed by atoms with van der Waals surface area (Å²) in [5, 5.41) is 0.00811. The first-order valence-electron chi connectivity index (χ1n) is 8.01. The molecule has 1 aliphatic rings. The summed E-state index contributed by atoms with van der Waals surface area (Å²) >= 11 is 0. The van der Waals surface area contributed by atoms with E-state index < -0.39 is 26.8 Å². The smallest absolute Gasteiger partial charge is 0.243 e. The monoisotopic (exact) mass is 365 g/mol. The van der Waals surface area contributed by atoms with Gasteiger partial charge in [-0.25, -0.2) is 13.5 Å². The molecule has 25 heavy (non-hydrogen) atoms. The number of sulfone groups is 1. The number of benzene rings is 1. The molecule has 1 amide bonds. The van der Waals surface area contributed by atoms with Crippen LogP contribution in [0.25, 0.3) is 0 Å². The van der Waals surface area contributed by atoms with Crippen LogP contribution in [0.15, 0.2) is 41.3 Å². The lowest BCUT2D eigenvalue weighted by Crippen LogP contribution is -2.39. The van der Waals surface area contributed by atoms with Crippen molar-refractivity contribution in [3.8, 4) is 0 Å². The zero-order valence-corrected chi connectivity index (χ0v) is 15.6. The number of hydroxylamine groups is 2. The van der Waals surface area contributed by atoms with Gasteiger partial charge in [0.2, 0.25) is 5.91 Å². The van der Waals surface area contributed by atoms with Crippen molar-refractivity contribution in [3.63, 3.8) is 0 Å². The highest BCUT2D eigenvalue weighted by Gasteiger charge is 2.41. The van der Waals surface area contributed by atoms with Crippen LogP contribution in [-0.4, -0.2) is 43.6 Å². The zero-order valence-electron chi connectivity index (χ0n) is 14.8. The Morgan fingerprint density at radius 1 is 1.16 bits per heavy atom. The van der Waals surface area contributed by atoms with Gasteiger partial charge in [-0.15, -0.1) is 0 Å². The normalized spacial score (nSPS) is 21.1. The quantitative estimate of drug-likeness (QED) is 0.569. The average molecular weight is 365 g/mol. The van der Waals surface area contributed by atoms with Gasteiger partial charge in [0.1, 0.15) is 11.0 Å². The molecule has 0 saturated carbocycles. The summed E-state index contributed by atoms with van der Waals surface area (Å²) in [6.07, 6.45) is 3.73. The van der Waals surface area contributed by atoms with Crippen molar-refractivity contribution in [2.24, 2.45) is 5.92 Å². The van der Waals surface area contributed by atoms with Gasteiger partial charge in [-0.1, -0.05) is 29.8 Å². The summed E-state index contributed by atoms with van der Waals surface area (Å²) in [5.41, 5.74) is 0.941. The molecule has 0 heterocycles. The number of hydrogen-bond donors (Lipinski definition) is 0. The second kappa shape index (κ2) is 7.49. The van der Waals surface area contributed by atoms with Gasteiger partial charge in [-0.05, 0) is 32.4 Å². The van der Waals surface area contributed by atoms with Crippen LogP contribution in [0, 0.1) is 12.8 Å². The molecule has 0 radical (unpaired) electrons. The van der Waals surface area contributed by atoms with E-state index in [2.05, 4.69) is 0 Å². The number of rotatable bonds is 6. The summed E-state index contributed by atoms with van der Waals surface area (Å²) in [5.74, 6) is -1.20. The number of allylic oxidation sites excluding steroid dienone is 1. The Hall–Kier alpha value is -1.99. The SMILES string of the molecule is CON(C(C)=O)[C@H]1C=C[C@@H](C(C(C)=O)S(=O)(=O)c2ccc(C)cc2)C1. The van der Waals surface area contributed by atoms with Crippen molar-refractivity contribution in [1.82, 2.24) is 5.06 Å². The van der Waals surface area contributed by atoms with Gasteiger partial charge in [0.25, 0.3) is 0 Å². The Bertz CT molecular complexity index is 782. The lowest BCUT2D eigenvalue weighted by molar-refractivity contribution is -0.181. The van der Waals surface area contributed by atoms with Crippen molar-refractivity contribution in [3.05, 3.63) is 42.0 Å². The standard InChI is InChI=1S/C18H23NO5S/c1-12-5-9-17(10-6-12)25(22,23)18(13(2)20)15-7-8-16(11-15)19(24-4)14(3)21/h5-10,15-16,18H,11H2,1-4H3/t15-,16+,18?/m1/s1. The lowest BCUT2D eigenvalue weighted by Gasteiger charge is -2.26. The van der Waals surface area contributed by atoms with Crippen molar-refractivity contribution in [1.29, 1.82) is 0 Å². The second-order valence-electron chi connectivity index (χ2n) is 6.27. The molecule has 1 aliphatic carbocycles. The van der Waals surface area contributed by atoms with E-state index in [1.54, 1.807) is 24.3 Å². The van der Waals surface area contributed by atoms with E-state index in [-0.39, 0.29) is 16.8 Å². The summed E-state index contributed by atoms with van der Waals surface area (Å²) in [7, 11) is -2.44. The highest BCUT2D eigenvalue weighted by atomic mass is 32.2. The fourth-order valence-corrected chi connectivity index (χ4v) is 5.14. The number of carbonyl (C=O) groups is 2. The summed E-state index contributed by atoms with van der Waals surface area (Å²) < 4.78 is 26.0. The van der Waals surface area contributed by atoms with Crippen LogP contribution in [-0.2, 0) is 24.3 Å². The number of amides is 1. The lowest BCUT2D eigenvalue weighted by atomic mass is 10.0. The number of ketones is 1. The van der Waals surface area contributed by atoms with Crippen LogP contribution >= 0.6 is 0 Å². The third kappa shape index (κ3) is 3.99. The summed E-state index contributed by atoms with van der Waals surface area (Å²) in [6, 6.07) is 6.07. The molecule has 6 nitrogen and oxygen atoms in total. The van der Waals surface area contributed by atoms with Crippen LogP contribution < -0.4 is 0 Å². The van der Waals surface area contributed by atoms with Gasteiger partial charge in [0.05, 0.1) is 18.0 Å². The molecule has 0 aromatic heterocycles. The summed E-state index contributed by atoms with van der Waals surface area (Å²) in [4.78, 5) is 29.0. The summed E-state index contributed by atoms with van der Waals surface area (Å²) in [6.45, 7) is 4.52. The van der Waals surface area contributed by atoms with Gasteiger partial charge >= 0.3 is 0 Å². The number of carbonyl (C=O) groups excluding carboxylic acids is 2.